The third-order valence-electron chi connectivity index (χ3n) is 2.14. The number of carbonyl (C=O) groups excluding carboxylic acids is 1. The van der Waals surface area contributed by atoms with Crippen LogP contribution in [0.1, 0.15) is 30.1 Å². The van der Waals surface area contributed by atoms with Crippen LogP contribution in [0.2, 0.25) is 0 Å². The molecule has 0 aliphatic heterocycles. The number of aliphatic hydroxyl groups is 1. The molecule has 0 saturated carbocycles. The van der Waals surface area contributed by atoms with Crippen molar-refractivity contribution in [2.24, 2.45) is 7.05 Å². The van der Waals surface area contributed by atoms with Crippen LogP contribution in [0.25, 0.3) is 0 Å². The molecule has 0 bridgehead atoms. The van der Waals surface area contributed by atoms with Crippen molar-refractivity contribution in [3.8, 4) is 0 Å². The van der Waals surface area contributed by atoms with Gasteiger partial charge in [-0.2, -0.15) is 5.10 Å². The number of nitrogens with zero attached hydrogens (tertiary/aromatic N) is 2. The molecule has 0 aliphatic rings. The summed E-state index contributed by atoms with van der Waals surface area (Å²) in [4.78, 5) is 11.6. The third-order valence-corrected chi connectivity index (χ3v) is 2.14. The Morgan fingerprint density at radius 2 is 2.47 bits per heavy atom. The first-order valence-electron chi connectivity index (χ1n) is 5.04. The highest BCUT2D eigenvalue weighted by atomic mass is 16.2. The largest absolute Gasteiger partial charge is 0.396 e. The summed E-state index contributed by atoms with van der Waals surface area (Å²) in [5.74, 6) is -0.117. The van der Waals surface area contributed by atoms with Gasteiger partial charge in [-0.05, 0) is 19.8 Å². The van der Waals surface area contributed by atoms with Crippen LogP contribution in [0, 0.1) is 0 Å². The second-order valence-electron chi connectivity index (χ2n) is 3.64. The molecule has 5 nitrogen and oxygen atoms in total. The minimum absolute atomic E-state index is 0.0739. The number of nitrogens with one attached hydrogen (secondary N) is 1. The van der Waals surface area contributed by atoms with Gasteiger partial charge >= 0.3 is 0 Å². The van der Waals surface area contributed by atoms with E-state index in [4.69, 9.17) is 5.11 Å². The molecular weight excluding hydrogens is 194 g/mol. The molecule has 1 heterocycles. The van der Waals surface area contributed by atoms with Gasteiger partial charge in [0.05, 0.1) is 11.8 Å². The van der Waals surface area contributed by atoms with E-state index in [-0.39, 0.29) is 18.6 Å². The van der Waals surface area contributed by atoms with Gasteiger partial charge in [0.15, 0.2) is 0 Å². The first kappa shape index (κ1) is 11.7. The standard InChI is InChI=1S/C10H17N3O2/c1-8(4-3-5-14)12-10(15)9-6-11-13(2)7-9/h6-8,14H,3-5H2,1-2H3,(H,12,15). The van der Waals surface area contributed by atoms with E-state index in [1.807, 2.05) is 6.92 Å². The number of rotatable bonds is 5. The van der Waals surface area contributed by atoms with E-state index in [0.717, 1.165) is 6.42 Å². The van der Waals surface area contributed by atoms with Gasteiger partial charge in [0.2, 0.25) is 0 Å². The highest BCUT2D eigenvalue weighted by Crippen LogP contribution is 2.00. The van der Waals surface area contributed by atoms with E-state index in [2.05, 4.69) is 10.4 Å². The zero-order valence-electron chi connectivity index (χ0n) is 9.10. The lowest BCUT2D eigenvalue weighted by Crippen LogP contribution is -2.32. The van der Waals surface area contributed by atoms with Crippen LogP contribution >= 0.6 is 0 Å². The number of hydrogen-bond acceptors (Lipinski definition) is 3. The fourth-order valence-electron chi connectivity index (χ4n) is 1.32. The number of aliphatic hydroxyl groups excluding tert-OH is 1. The Kier molecular flexibility index (Phi) is 4.30. The van der Waals surface area contributed by atoms with E-state index >= 15 is 0 Å². The minimum atomic E-state index is -0.117. The summed E-state index contributed by atoms with van der Waals surface area (Å²) in [5, 5.41) is 15.4. The molecule has 1 atom stereocenters. The van der Waals surface area contributed by atoms with Gasteiger partial charge in [0, 0.05) is 25.9 Å². The lowest BCUT2D eigenvalue weighted by Gasteiger charge is -2.11. The first-order valence-corrected chi connectivity index (χ1v) is 5.04. The fraction of sp³-hybridized carbons (Fsp3) is 0.600. The maximum atomic E-state index is 11.6. The molecule has 1 unspecified atom stereocenters. The Bertz CT molecular complexity index is 322. The smallest absolute Gasteiger partial charge is 0.254 e. The second kappa shape index (κ2) is 5.50. The molecule has 1 rings (SSSR count). The fourth-order valence-corrected chi connectivity index (χ4v) is 1.32. The highest BCUT2D eigenvalue weighted by molar-refractivity contribution is 5.93. The van der Waals surface area contributed by atoms with Gasteiger partial charge in [-0.25, -0.2) is 0 Å². The molecule has 0 aliphatic carbocycles. The second-order valence-corrected chi connectivity index (χ2v) is 3.64. The van der Waals surface area contributed by atoms with E-state index in [0.29, 0.717) is 12.0 Å². The summed E-state index contributed by atoms with van der Waals surface area (Å²) in [7, 11) is 1.77. The number of aryl methyl sites for hydroxylation is 1. The van der Waals surface area contributed by atoms with Crippen LogP contribution in [0.4, 0.5) is 0 Å². The minimum Gasteiger partial charge on any atom is -0.396 e. The molecule has 0 saturated heterocycles. The topological polar surface area (TPSA) is 67.2 Å². The van der Waals surface area contributed by atoms with Crippen LogP contribution in [-0.4, -0.2) is 33.4 Å². The van der Waals surface area contributed by atoms with Crippen molar-refractivity contribution in [2.45, 2.75) is 25.8 Å². The average Bonchev–Trinajstić information content (AvgIpc) is 2.61. The maximum Gasteiger partial charge on any atom is 0.254 e. The lowest BCUT2D eigenvalue weighted by atomic mass is 10.2. The molecule has 2 N–H and O–H groups in total. The van der Waals surface area contributed by atoms with E-state index in [1.54, 1.807) is 17.9 Å². The Morgan fingerprint density at radius 1 is 1.73 bits per heavy atom. The molecule has 1 aromatic heterocycles. The van der Waals surface area contributed by atoms with Gasteiger partial charge in [0.1, 0.15) is 0 Å². The Morgan fingerprint density at radius 3 is 3.00 bits per heavy atom. The summed E-state index contributed by atoms with van der Waals surface area (Å²) in [6.45, 7) is 2.08. The van der Waals surface area contributed by atoms with E-state index < -0.39 is 0 Å². The van der Waals surface area contributed by atoms with Crippen molar-refractivity contribution in [3.05, 3.63) is 18.0 Å². The lowest BCUT2D eigenvalue weighted by molar-refractivity contribution is 0.0936. The van der Waals surface area contributed by atoms with Gasteiger partial charge in [-0.1, -0.05) is 0 Å². The normalized spacial score (nSPS) is 12.5. The molecule has 0 aromatic carbocycles. The SMILES string of the molecule is CC(CCCO)NC(=O)c1cnn(C)c1. The van der Waals surface area contributed by atoms with Crippen LogP contribution in [0.3, 0.4) is 0 Å². The van der Waals surface area contributed by atoms with E-state index in [9.17, 15) is 4.79 Å². The molecular formula is C10H17N3O2. The van der Waals surface area contributed by atoms with Crippen LogP contribution in [-0.2, 0) is 7.05 Å². The molecule has 0 radical (unpaired) electrons. The van der Waals surface area contributed by atoms with Gasteiger partial charge < -0.3 is 10.4 Å². The Balaban J connectivity index is 2.42. The van der Waals surface area contributed by atoms with Crippen molar-refractivity contribution in [1.29, 1.82) is 0 Å². The highest BCUT2D eigenvalue weighted by Gasteiger charge is 2.10. The predicted molar refractivity (Wildman–Crippen MR) is 56.5 cm³/mol. The van der Waals surface area contributed by atoms with Crippen LogP contribution in [0.5, 0.6) is 0 Å². The van der Waals surface area contributed by atoms with Gasteiger partial charge in [0.25, 0.3) is 5.91 Å². The number of hydrogen-bond donors (Lipinski definition) is 2. The predicted octanol–water partition coefficient (Wildman–Crippen LogP) is 0.311. The van der Waals surface area contributed by atoms with Crippen LogP contribution < -0.4 is 5.32 Å². The summed E-state index contributed by atoms with van der Waals surface area (Å²) in [6, 6.07) is 0.0739. The average molecular weight is 211 g/mol. The zero-order valence-corrected chi connectivity index (χ0v) is 9.10. The maximum absolute atomic E-state index is 11.6. The molecule has 0 fully saturated rings. The summed E-state index contributed by atoms with van der Waals surface area (Å²) < 4.78 is 1.59. The Hall–Kier alpha value is -1.36. The van der Waals surface area contributed by atoms with Crippen molar-refractivity contribution < 1.29 is 9.90 Å². The van der Waals surface area contributed by atoms with Crippen molar-refractivity contribution >= 4 is 5.91 Å². The summed E-state index contributed by atoms with van der Waals surface area (Å²) in [5.41, 5.74) is 0.563. The number of aromatic nitrogens is 2. The molecule has 0 spiro atoms. The quantitative estimate of drug-likeness (QED) is 0.736. The van der Waals surface area contributed by atoms with Crippen molar-refractivity contribution in [3.63, 3.8) is 0 Å². The molecule has 84 valence electrons. The monoisotopic (exact) mass is 211 g/mol. The third kappa shape index (κ3) is 3.71. The van der Waals surface area contributed by atoms with Crippen molar-refractivity contribution in [2.75, 3.05) is 6.61 Å². The summed E-state index contributed by atoms with van der Waals surface area (Å²) >= 11 is 0. The first-order chi connectivity index (χ1) is 7.13. The van der Waals surface area contributed by atoms with Crippen molar-refractivity contribution in [1.82, 2.24) is 15.1 Å². The molecule has 1 amide bonds. The van der Waals surface area contributed by atoms with Crippen LogP contribution in [0.15, 0.2) is 12.4 Å². The number of carbonyl (C=O) groups is 1. The molecule has 1 aromatic rings. The molecule has 5 heteroatoms. The summed E-state index contributed by atoms with van der Waals surface area (Å²) in [6.07, 6.45) is 4.69. The number of amides is 1. The van der Waals surface area contributed by atoms with Gasteiger partial charge in [-0.15, -0.1) is 0 Å². The van der Waals surface area contributed by atoms with E-state index in [1.165, 1.54) is 6.20 Å². The zero-order chi connectivity index (χ0) is 11.3. The molecule has 15 heavy (non-hydrogen) atoms. The van der Waals surface area contributed by atoms with Gasteiger partial charge in [-0.3, -0.25) is 9.48 Å². The Labute approximate surface area is 89.1 Å².